The zero-order valence-corrected chi connectivity index (χ0v) is 15.0. The van der Waals surface area contributed by atoms with Crippen LogP contribution >= 0.6 is 0 Å². The number of allylic oxidation sites excluding steroid dienone is 3. The van der Waals surface area contributed by atoms with Crippen molar-refractivity contribution in [3.8, 4) is 11.8 Å². The second kappa shape index (κ2) is 6.95. The van der Waals surface area contributed by atoms with Gasteiger partial charge in [-0.25, -0.2) is 0 Å². The van der Waals surface area contributed by atoms with Crippen LogP contribution in [0.5, 0.6) is 0 Å². The van der Waals surface area contributed by atoms with Crippen molar-refractivity contribution in [1.82, 2.24) is 0 Å². The molecule has 1 aliphatic carbocycles. The third-order valence-electron chi connectivity index (χ3n) is 4.78. The Morgan fingerprint density at radius 3 is 2.52 bits per heavy atom. The second-order valence-electron chi connectivity index (χ2n) is 6.78. The minimum Gasteiger partial charge on any atom is -0.294 e. The predicted molar refractivity (Wildman–Crippen MR) is 104 cm³/mol. The molecule has 124 valence electrons. The SMILES string of the molecule is CC1=Cc2ccccc2C(C)(C/C=C(\C)C#Cc2ccccc2)C1=O. The Morgan fingerprint density at radius 1 is 1.08 bits per heavy atom. The van der Waals surface area contributed by atoms with Crippen molar-refractivity contribution in [1.29, 1.82) is 0 Å². The largest absolute Gasteiger partial charge is 0.294 e. The van der Waals surface area contributed by atoms with Crippen LogP contribution in [-0.4, -0.2) is 5.78 Å². The molecular weight excluding hydrogens is 304 g/mol. The number of hydrogen-bond donors (Lipinski definition) is 0. The summed E-state index contributed by atoms with van der Waals surface area (Å²) in [7, 11) is 0. The summed E-state index contributed by atoms with van der Waals surface area (Å²) in [4.78, 5) is 12.9. The molecule has 0 spiro atoms. The smallest absolute Gasteiger partial charge is 0.169 e. The summed E-state index contributed by atoms with van der Waals surface area (Å²) in [6, 6.07) is 18.1. The fourth-order valence-electron chi connectivity index (χ4n) is 3.28. The fraction of sp³-hybridized carbons (Fsp3) is 0.208. The van der Waals surface area contributed by atoms with Gasteiger partial charge in [0.15, 0.2) is 5.78 Å². The third kappa shape index (κ3) is 3.49. The number of fused-ring (bicyclic) bond motifs is 1. The first-order valence-corrected chi connectivity index (χ1v) is 8.57. The highest BCUT2D eigenvalue weighted by Gasteiger charge is 2.38. The Hall–Kier alpha value is -2.85. The molecule has 0 radical (unpaired) electrons. The summed E-state index contributed by atoms with van der Waals surface area (Å²) in [5.74, 6) is 6.56. The summed E-state index contributed by atoms with van der Waals surface area (Å²) in [5.41, 5.74) is 4.53. The molecule has 2 aromatic carbocycles. The van der Waals surface area contributed by atoms with E-state index in [4.69, 9.17) is 0 Å². The van der Waals surface area contributed by atoms with Crippen molar-refractivity contribution >= 4 is 11.9 Å². The van der Waals surface area contributed by atoms with Crippen molar-refractivity contribution < 1.29 is 4.79 Å². The normalized spacial score (nSPS) is 19.6. The molecule has 1 aliphatic rings. The molecule has 0 fully saturated rings. The van der Waals surface area contributed by atoms with Crippen LogP contribution in [0.15, 0.2) is 71.8 Å². The third-order valence-corrected chi connectivity index (χ3v) is 4.78. The van der Waals surface area contributed by atoms with Gasteiger partial charge in [-0.1, -0.05) is 60.4 Å². The lowest BCUT2D eigenvalue weighted by Crippen LogP contribution is -2.35. The summed E-state index contributed by atoms with van der Waals surface area (Å²) in [5, 5.41) is 0. The minimum atomic E-state index is -0.523. The van der Waals surface area contributed by atoms with Gasteiger partial charge in [-0.3, -0.25) is 4.79 Å². The van der Waals surface area contributed by atoms with Gasteiger partial charge in [0.2, 0.25) is 0 Å². The maximum absolute atomic E-state index is 12.9. The topological polar surface area (TPSA) is 17.1 Å². The zero-order valence-electron chi connectivity index (χ0n) is 15.0. The van der Waals surface area contributed by atoms with Crippen molar-refractivity contribution in [3.63, 3.8) is 0 Å². The van der Waals surface area contributed by atoms with E-state index < -0.39 is 5.41 Å². The first-order valence-electron chi connectivity index (χ1n) is 8.57. The highest BCUT2D eigenvalue weighted by molar-refractivity contribution is 6.09. The average Bonchev–Trinajstić information content (AvgIpc) is 2.64. The number of benzene rings is 2. The van der Waals surface area contributed by atoms with Gasteiger partial charge in [0.05, 0.1) is 5.41 Å². The number of carbonyl (C=O) groups is 1. The zero-order chi connectivity index (χ0) is 17.9. The van der Waals surface area contributed by atoms with E-state index in [9.17, 15) is 4.79 Å². The highest BCUT2D eigenvalue weighted by Crippen LogP contribution is 2.39. The van der Waals surface area contributed by atoms with E-state index in [1.165, 1.54) is 0 Å². The summed E-state index contributed by atoms with van der Waals surface area (Å²) >= 11 is 0. The van der Waals surface area contributed by atoms with Crippen LogP contribution in [0, 0.1) is 11.8 Å². The van der Waals surface area contributed by atoms with Crippen LogP contribution in [0.1, 0.15) is 43.9 Å². The molecular formula is C24H22O. The van der Waals surface area contributed by atoms with Gasteiger partial charge in [-0.05, 0) is 67.7 Å². The molecule has 0 saturated heterocycles. The first-order chi connectivity index (χ1) is 12.0. The van der Waals surface area contributed by atoms with Crippen LogP contribution in [0.2, 0.25) is 0 Å². The number of rotatable bonds is 2. The molecule has 3 rings (SSSR count). The standard InChI is InChI=1S/C24H22O/c1-18(13-14-20-9-5-4-6-10-20)15-16-24(3)22-12-8-7-11-21(22)17-19(2)23(24)25/h4-12,15,17H,16H2,1-3H3/b18-15+. The molecule has 2 aromatic rings. The average molecular weight is 326 g/mol. The Kier molecular flexibility index (Phi) is 4.72. The maximum atomic E-state index is 12.9. The lowest BCUT2D eigenvalue weighted by molar-refractivity contribution is -0.120. The highest BCUT2D eigenvalue weighted by atomic mass is 16.1. The van der Waals surface area contributed by atoms with Crippen molar-refractivity contribution in [2.45, 2.75) is 32.6 Å². The van der Waals surface area contributed by atoms with Crippen molar-refractivity contribution in [2.75, 3.05) is 0 Å². The van der Waals surface area contributed by atoms with Gasteiger partial charge in [-0.2, -0.15) is 0 Å². The molecule has 0 aromatic heterocycles. The number of Topliss-reactive ketones (excluding diaryl/α,β-unsaturated/α-hetero) is 1. The van der Waals surface area contributed by atoms with Crippen LogP contribution in [-0.2, 0) is 10.2 Å². The summed E-state index contributed by atoms with van der Waals surface area (Å²) < 4.78 is 0. The van der Waals surface area contributed by atoms with Crippen molar-refractivity contribution in [3.05, 3.63) is 88.5 Å². The summed E-state index contributed by atoms with van der Waals surface area (Å²) in [6.07, 6.45) is 4.73. The van der Waals surface area contributed by atoms with E-state index >= 15 is 0 Å². The molecule has 0 bridgehead atoms. The second-order valence-corrected chi connectivity index (χ2v) is 6.78. The van der Waals surface area contributed by atoms with E-state index in [2.05, 4.69) is 30.0 Å². The predicted octanol–water partition coefficient (Wildman–Crippen LogP) is 5.32. The number of carbonyl (C=O) groups excluding carboxylic acids is 1. The fourth-order valence-corrected chi connectivity index (χ4v) is 3.28. The van der Waals surface area contributed by atoms with Crippen LogP contribution in [0.25, 0.3) is 6.08 Å². The van der Waals surface area contributed by atoms with E-state index in [-0.39, 0.29) is 5.78 Å². The Balaban J connectivity index is 1.88. The van der Waals surface area contributed by atoms with Gasteiger partial charge in [-0.15, -0.1) is 0 Å². The lowest BCUT2D eigenvalue weighted by atomic mass is 9.68. The maximum Gasteiger partial charge on any atom is 0.169 e. The molecule has 0 N–H and O–H groups in total. The molecule has 1 nitrogen and oxygen atoms in total. The number of hydrogen-bond acceptors (Lipinski definition) is 1. The van der Waals surface area contributed by atoms with Crippen LogP contribution in [0.4, 0.5) is 0 Å². The summed E-state index contributed by atoms with van der Waals surface area (Å²) in [6.45, 7) is 5.95. The van der Waals surface area contributed by atoms with E-state index in [1.807, 2.05) is 69.3 Å². The van der Waals surface area contributed by atoms with E-state index in [0.717, 1.165) is 27.8 Å². The lowest BCUT2D eigenvalue weighted by Gasteiger charge is -2.33. The number of ketones is 1. The first kappa shape index (κ1) is 17.0. The molecule has 25 heavy (non-hydrogen) atoms. The van der Waals surface area contributed by atoms with Crippen molar-refractivity contribution in [2.24, 2.45) is 0 Å². The van der Waals surface area contributed by atoms with Gasteiger partial charge in [0, 0.05) is 5.56 Å². The Bertz CT molecular complexity index is 919. The molecule has 0 amide bonds. The molecule has 0 heterocycles. The van der Waals surface area contributed by atoms with Gasteiger partial charge < -0.3 is 0 Å². The van der Waals surface area contributed by atoms with Crippen LogP contribution < -0.4 is 0 Å². The van der Waals surface area contributed by atoms with Gasteiger partial charge in [0.25, 0.3) is 0 Å². The van der Waals surface area contributed by atoms with E-state index in [1.54, 1.807) is 0 Å². The minimum absolute atomic E-state index is 0.200. The molecule has 0 aliphatic heterocycles. The monoisotopic (exact) mass is 326 g/mol. The van der Waals surface area contributed by atoms with Gasteiger partial charge >= 0.3 is 0 Å². The van der Waals surface area contributed by atoms with Crippen LogP contribution in [0.3, 0.4) is 0 Å². The van der Waals surface area contributed by atoms with E-state index in [0.29, 0.717) is 6.42 Å². The molecule has 0 saturated carbocycles. The molecule has 1 atom stereocenters. The Labute approximate surface area is 150 Å². The van der Waals surface area contributed by atoms with Gasteiger partial charge in [0.1, 0.15) is 0 Å². The quantitative estimate of drug-likeness (QED) is 0.683. The molecule has 1 heteroatoms. The molecule has 1 unspecified atom stereocenters. The Morgan fingerprint density at radius 2 is 1.76 bits per heavy atom.